The van der Waals surface area contributed by atoms with Crippen LogP contribution in [-0.4, -0.2) is 66.8 Å². The normalized spacial score (nSPS) is 18.2. The van der Waals surface area contributed by atoms with E-state index in [1.165, 1.54) is 11.0 Å². The number of ether oxygens (including phenoxy) is 2. The number of hydrogen-bond acceptors (Lipinski definition) is 6. The second kappa shape index (κ2) is 11.8. The minimum Gasteiger partial charge on any atom is -0.444 e. The molecule has 3 amide bonds. The largest absolute Gasteiger partial charge is 0.444 e. The molecule has 1 fully saturated rings. The molecule has 0 aliphatic carbocycles. The smallest absolute Gasteiger partial charge is 0.410 e. The van der Waals surface area contributed by atoms with E-state index in [2.05, 4.69) is 10.6 Å². The third-order valence-electron chi connectivity index (χ3n) is 6.53. The summed E-state index contributed by atoms with van der Waals surface area (Å²) < 4.78 is 26.1. The number of nitrogens with one attached hydrogen (secondary N) is 2. The molecule has 2 N–H and O–H groups in total. The average molecular weight is 537 g/mol. The summed E-state index contributed by atoms with van der Waals surface area (Å²) in [6, 6.07) is 11.2. The molecule has 2 atom stereocenters. The molecule has 0 saturated carbocycles. The van der Waals surface area contributed by atoms with Gasteiger partial charge in [-0.3, -0.25) is 9.59 Å². The average Bonchev–Trinajstić information content (AvgIpc) is 3.15. The minimum atomic E-state index is -0.998. The number of rotatable bonds is 5. The van der Waals surface area contributed by atoms with Gasteiger partial charge in [-0.2, -0.15) is 5.26 Å². The van der Waals surface area contributed by atoms with Crippen LogP contribution in [0.2, 0.25) is 0 Å². The molecule has 0 aromatic heterocycles. The number of hydrogen-bond donors (Lipinski definition) is 2. The first-order valence-corrected chi connectivity index (χ1v) is 13.0. The summed E-state index contributed by atoms with van der Waals surface area (Å²) in [6.45, 7) is 6.50. The number of nitrogens with zero attached hydrogens (tertiary/aromatic N) is 2. The van der Waals surface area contributed by atoms with Gasteiger partial charge in [-0.1, -0.05) is 24.3 Å². The van der Waals surface area contributed by atoms with E-state index in [1.54, 1.807) is 45.0 Å². The van der Waals surface area contributed by atoms with Crippen molar-refractivity contribution in [3.8, 4) is 17.2 Å². The molecule has 2 aliphatic heterocycles. The zero-order valence-corrected chi connectivity index (χ0v) is 22.4. The van der Waals surface area contributed by atoms with Crippen molar-refractivity contribution in [3.05, 3.63) is 58.9 Å². The van der Waals surface area contributed by atoms with Crippen LogP contribution in [0.25, 0.3) is 11.1 Å². The lowest BCUT2D eigenvalue weighted by atomic mass is 9.94. The Bertz CT molecular complexity index is 1300. The number of halogens is 1. The topological polar surface area (TPSA) is 121 Å². The van der Waals surface area contributed by atoms with E-state index < -0.39 is 35.6 Å². The maximum Gasteiger partial charge on any atom is 0.410 e. The number of amides is 3. The lowest BCUT2D eigenvalue weighted by molar-refractivity contribution is -0.133. The second-order valence-corrected chi connectivity index (χ2v) is 10.7. The Hall–Kier alpha value is -3.97. The van der Waals surface area contributed by atoms with Gasteiger partial charge < -0.3 is 25.0 Å². The Morgan fingerprint density at radius 2 is 2.00 bits per heavy atom. The monoisotopic (exact) mass is 536 g/mol. The van der Waals surface area contributed by atoms with Gasteiger partial charge in [0.05, 0.1) is 12.6 Å². The van der Waals surface area contributed by atoms with Crippen LogP contribution in [0, 0.1) is 17.1 Å². The van der Waals surface area contributed by atoms with E-state index >= 15 is 4.39 Å². The van der Waals surface area contributed by atoms with E-state index in [0.29, 0.717) is 37.1 Å². The fourth-order valence-electron chi connectivity index (χ4n) is 4.59. The third kappa shape index (κ3) is 7.12. The standard InChI is InChI=1S/C29H33FN4O5/c1-29(2,3)39-28(37)34-11-4-12-38-25(17-34)27(36)33-22(16-31)14-21-6-5-19(15-24(21)30)18-7-8-23-20(13-18)9-10-32-26(23)35/h5-8,13,15,22,25H,4,9-12,14,17H2,1-3H3,(H,32,35)(H,33,36)/t22?,25-/m0/s1. The zero-order chi connectivity index (χ0) is 28.2. The highest BCUT2D eigenvalue weighted by Crippen LogP contribution is 2.26. The molecule has 1 saturated heterocycles. The van der Waals surface area contributed by atoms with Gasteiger partial charge in [0.15, 0.2) is 6.10 Å². The van der Waals surface area contributed by atoms with Crippen LogP contribution in [0.1, 0.15) is 48.7 Å². The van der Waals surface area contributed by atoms with Gasteiger partial charge in [0.25, 0.3) is 11.8 Å². The molecule has 2 aromatic rings. The quantitative estimate of drug-likeness (QED) is 0.605. The zero-order valence-electron chi connectivity index (χ0n) is 22.4. The molecule has 0 bridgehead atoms. The molecule has 39 heavy (non-hydrogen) atoms. The third-order valence-corrected chi connectivity index (χ3v) is 6.53. The van der Waals surface area contributed by atoms with Crippen LogP contribution in [0.3, 0.4) is 0 Å². The van der Waals surface area contributed by atoms with Gasteiger partial charge in [-0.05, 0) is 68.0 Å². The first-order valence-electron chi connectivity index (χ1n) is 13.0. The lowest BCUT2D eigenvalue weighted by Crippen LogP contribution is -2.48. The molecule has 0 spiro atoms. The van der Waals surface area contributed by atoms with Gasteiger partial charge in [0.2, 0.25) is 0 Å². The van der Waals surface area contributed by atoms with Crippen LogP contribution >= 0.6 is 0 Å². The van der Waals surface area contributed by atoms with Crippen molar-refractivity contribution < 1.29 is 28.2 Å². The molecular weight excluding hydrogens is 503 g/mol. The first kappa shape index (κ1) is 28.0. The van der Waals surface area contributed by atoms with Crippen LogP contribution < -0.4 is 10.6 Å². The maximum absolute atomic E-state index is 15.1. The molecular formula is C29H33FN4O5. The van der Waals surface area contributed by atoms with Crippen LogP contribution in [0.15, 0.2) is 36.4 Å². The fraction of sp³-hybridized carbons (Fsp3) is 0.448. The number of carbonyl (C=O) groups excluding carboxylic acids is 3. The van der Waals surface area contributed by atoms with Crippen LogP contribution in [-0.2, 0) is 27.1 Å². The van der Waals surface area contributed by atoms with Gasteiger partial charge in [0, 0.05) is 31.7 Å². The number of carbonyl (C=O) groups is 3. The Labute approximate surface area is 227 Å². The predicted molar refractivity (Wildman–Crippen MR) is 141 cm³/mol. The highest BCUT2D eigenvalue weighted by molar-refractivity contribution is 5.97. The van der Waals surface area contributed by atoms with E-state index in [4.69, 9.17) is 9.47 Å². The van der Waals surface area contributed by atoms with Crippen LogP contribution in [0.5, 0.6) is 0 Å². The van der Waals surface area contributed by atoms with Gasteiger partial charge in [-0.15, -0.1) is 0 Å². The molecule has 2 aliphatic rings. The molecule has 10 heteroatoms. The van der Waals surface area contributed by atoms with Crippen molar-refractivity contribution in [2.24, 2.45) is 0 Å². The molecule has 1 unspecified atom stereocenters. The summed E-state index contributed by atoms with van der Waals surface area (Å²) in [4.78, 5) is 38.9. The highest BCUT2D eigenvalue weighted by atomic mass is 19.1. The Balaban J connectivity index is 1.41. The SMILES string of the molecule is CC(C)(C)OC(=O)N1CCCO[C@H](C(=O)NC(C#N)Cc2ccc(-c3ccc4c(c3)CCNC4=O)cc2F)C1. The lowest BCUT2D eigenvalue weighted by Gasteiger charge is -2.27. The Morgan fingerprint density at radius 3 is 2.72 bits per heavy atom. The Kier molecular flexibility index (Phi) is 8.51. The van der Waals surface area contributed by atoms with Crippen molar-refractivity contribution in [2.75, 3.05) is 26.2 Å². The van der Waals surface area contributed by atoms with Gasteiger partial charge in [-0.25, -0.2) is 9.18 Å². The highest BCUT2D eigenvalue weighted by Gasteiger charge is 2.31. The van der Waals surface area contributed by atoms with Gasteiger partial charge in [0.1, 0.15) is 17.5 Å². The molecule has 9 nitrogen and oxygen atoms in total. The summed E-state index contributed by atoms with van der Waals surface area (Å²) >= 11 is 0. The summed E-state index contributed by atoms with van der Waals surface area (Å²) in [5.41, 5.74) is 2.58. The van der Waals surface area contributed by atoms with Crippen molar-refractivity contribution >= 4 is 17.9 Å². The van der Waals surface area contributed by atoms with E-state index in [1.807, 2.05) is 12.1 Å². The van der Waals surface area contributed by atoms with Crippen molar-refractivity contribution in [1.82, 2.24) is 15.5 Å². The summed E-state index contributed by atoms with van der Waals surface area (Å²) in [6.07, 6.45) is -0.304. The molecule has 0 radical (unpaired) electrons. The molecule has 206 valence electrons. The Morgan fingerprint density at radius 1 is 1.26 bits per heavy atom. The van der Waals surface area contributed by atoms with Crippen molar-refractivity contribution in [1.29, 1.82) is 5.26 Å². The van der Waals surface area contributed by atoms with E-state index in [9.17, 15) is 19.6 Å². The molecule has 2 heterocycles. The molecule has 4 rings (SSSR count). The number of fused-ring (bicyclic) bond motifs is 1. The number of benzene rings is 2. The van der Waals surface area contributed by atoms with Crippen LogP contribution in [0.4, 0.5) is 9.18 Å². The first-order chi connectivity index (χ1) is 18.5. The predicted octanol–water partition coefficient (Wildman–Crippen LogP) is 3.36. The van der Waals surface area contributed by atoms with E-state index in [0.717, 1.165) is 11.1 Å². The minimum absolute atomic E-state index is 0.00953. The molecule has 2 aromatic carbocycles. The second-order valence-electron chi connectivity index (χ2n) is 10.7. The fourth-order valence-corrected chi connectivity index (χ4v) is 4.59. The summed E-state index contributed by atoms with van der Waals surface area (Å²) in [7, 11) is 0. The number of nitriles is 1. The van der Waals surface area contributed by atoms with E-state index in [-0.39, 0.29) is 31.0 Å². The van der Waals surface area contributed by atoms with Crippen molar-refractivity contribution in [2.45, 2.75) is 57.8 Å². The van der Waals surface area contributed by atoms with Crippen molar-refractivity contribution in [3.63, 3.8) is 0 Å². The summed E-state index contributed by atoms with van der Waals surface area (Å²) in [5.74, 6) is -1.16. The van der Waals surface area contributed by atoms with Gasteiger partial charge >= 0.3 is 6.09 Å². The summed E-state index contributed by atoms with van der Waals surface area (Å²) in [5, 5.41) is 15.1. The maximum atomic E-state index is 15.1.